The minimum Gasteiger partial charge on any atom is -0.494 e. The minimum atomic E-state index is -3.79. The predicted molar refractivity (Wildman–Crippen MR) is 136 cm³/mol. The molecule has 180 valence electrons. The van der Waals surface area contributed by atoms with E-state index in [-0.39, 0.29) is 23.5 Å². The van der Waals surface area contributed by atoms with Crippen LogP contribution in [0.25, 0.3) is 0 Å². The molecule has 0 aliphatic carbocycles. The third-order valence-electron chi connectivity index (χ3n) is 4.98. The maximum Gasteiger partial charge on any atom is 0.261 e. The number of carbonyl (C=O) groups is 1. The fourth-order valence-corrected chi connectivity index (χ4v) is 4.62. The topological polar surface area (TPSA) is 93.7 Å². The van der Waals surface area contributed by atoms with Gasteiger partial charge in [-0.05, 0) is 86.5 Å². The van der Waals surface area contributed by atoms with Crippen molar-refractivity contribution in [2.45, 2.75) is 31.7 Å². The molecule has 2 N–H and O–H groups in total. The molecule has 9 heteroatoms. The fourth-order valence-electron chi connectivity index (χ4n) is 3.21. The number of amides is 1. The number of anilines is 1. The number of hydrogen-bond acceptors (Lipinski definition) is 5. The van der Waals surface area contributed by atoms with E-state index in [2.05, 4.69) is 26.0 Å². The SMILES string of the molecule is CCOc1ccc(NS(=O)(=O)c2ccc(OCC(=O)N[C@H](C)c3ccc(Br)cc3)c(C)c2)cc1. The zero-order valence-electron chi connectivity index (χ0n) is 19.2. The van der Waals surface area contributed by atoms with E-state index in [1.807, 2.05) is 38.1 Å². The van der Waals surface area contributed by atoms with Gasteiger partial charge in [-0.1, -0.05) is 28.1 Å². The van der Waals surface area contributed by atoms with Crippen LogP contribution < -0.4 is 19.5 Å². The van der Waals surface area contributed by atoms with Crippen molar-refractivity contribution in [3.63, 3.8) is 0 Å². The first-order valence-electron chi connectivity index (χ1n) is 10.7. The van der Waals surface area contributed by atoms with Crippen LogP contribution in [-0.4, -0.2) is 27.5 Å². The molecule has 0 aliphatic rings. The third-order valence-corrected chi connectivity index (χ3v) is 6.89. The van der Waals surface area contributed by atoms with Crippen molar-refractivity contribution < 1.29 is 22.7 Å². The summed E-state index contributed by atoms with van der Waals surface area (Å²) in [6, 6.07) is 18.7. The van der Waals surface area contributed by atoms with Gasteiger partial charge in [-0.15, -0.1) is 0 Å². The van der Waals surface area contributed by atoms with E-state index in [9.17, 15) is 13.2 Å². The van der Waals surface area contributed by atoms with Crippen molar-refractivity contribution in [3.8, 4) is 11.5 Å². The molecule has 1 amide bonds. The molecule has 1 atom stereocenters. The van der Waals surface area contributed by atoms with Crippen molar-refractivity contribution in [3.05, 3.63) is 82.3 Å². The van der Waals surface area contributed by atoms with Gasteiger partial charge >= 0.3 is 0 Å². The molecule has 0 saturated heterocycles. The van der Waals surface area contributed by atoms with Crippen LogP contribution in [0.4, 0.5) is 5.69 Å². The quantitative estimate of drug-likeness (QED) is 0.364. The zero-order valence-corrected chi connectivity index (χ0v) is 21.6. The van der Waals surface area contributed by atoms with Gasteiger partial charge in [0.05, 0.1) is 17.5 Å². The van der Waals surface area contributed by atoms with Crippen LogP contribution >= 0.6 is 15.9 Å². The Morgan fingerprint density at radius 2 is 1.68 bits per heavy atom. The molecule has 7 nitrogen and oxygen atoms in total. The maximum absolute atomic E-state index is 12.8. The summed E-state index contributed by atoms with van der Waals surface area (Å²) >= 11 is 3.39. The van der Waals surface area contributed by atoms with Gasteiger partial charge < -0.3 is 14.8 Å². The second kappa shape index (κ2) is 11.4. The molecule has 0 unspecified atom stereocenters. The Balaban J connectivity index is 1.59. The second-order valence-electron chi connectivity index (χ2n) is 7.62. The van der Waals surface area contributed by atoms with E-state index in [1.54, 1.807) is 37.3 Å². The minimum absolute atomic E-state index is 0.0968. The highest BCUT2D eigenvalue weighted by Crippen LogP contribution is 2.24. The summed E-state index contributed by atoms with van der Waals surface area (Å²) in [4.78, 5) is 12.4. The molecule has 34 heavy (non-hydrogen) atoms. The normalized spacial score (nSPS) is 12.0. The van der Waals surface area contributed by atoms with E-state index in [0.29, 0.717) is 29.4 Å². The highest BCUT2D eigenvalue weighted by molar-refractivity contribution is 9.10. The first kappa shape index (κ1) is 25.6. The lowest BCUT2D eigenvalue weighted by atomic mass is 10.1. The third kappa shape index (κ3) is 6.98. The van der Waals surface area contributed by atoms with E-state index in [0.717, 1.165) is 10.0 Å². The fraction of sp³-hybridized carbons (Fsp3) is 0.240. The Labute approximate surface area is 208 Å². The number of nitrogens with one attached hydrogen (secondary N) is 2. The summed E-state index contributed by atoms with van der Waals surface area (Å²) in [6.07, 6.45) is 0. The number of halogens is 1. The van der Waals surface area contributed by atoms with Gasteiger partial charge in [0.25, 0.3) is 15.9 Å². The maximum atomic E-state index is 12.8. The van der Waals surface area contributed by atoms with Crippen LogP contribution in [0.5, 0.6) is 11.5 Å². The Morgan fingerprint density at radius 1 is 1.00 bits per heavy atom. The van der Waals surface area contributed by atoms with Gasteiger partial charge in [0.15, 0.2) is 6.61 Å². The summed E-state index contributed by atoms with van der Waals surface area (Å²) in [5, 5.41) is 2.89. The highest BCUT2D eigenvalue weighted by atomic mass is 79.9. The molecule has 0 aromatic heterocycles. The summed E-state index contributed by atoms with van der Waals surface area (Å²) in [7, 11) is -3.79. The van der Waals surface area contributed by atoms with E-state index in [4.69, 9.17) is 9.47 Å². The van der Waals surface area contributed by atoms with Crippen molar-refractivity contribution in [1.82, 2.24) is 5.32 Å². The van der Waals surface area contributed by atoms with Crippen LogP contribution in [0.3, 0.4) is 0 Å². The van der Waals surface area contributed by atoms with Crippen molar-refractivity contribution in [2.75, 3.05) is 17.9 Å². The van der Waals surface area contributed by atoms with Gasteiger partial charge in [-0.25, -0.2) is 8.42 Å². The van der Waals surface area contributed by atoms with Gasteiger partial charge in [0, 0.05) is 10.2 Å². The van der Waals surface area contributed by atoms with E-state index in [1.165, 1.54) is 12.1 Å². The number of ether oxygens (including phenoxy) is 2. The van der Waals surface area contributed by atoms with Crippen LogP contribution in [0.1, 0.15) is 31.0 Å². The smallest absolute Gasteiger partial charge is 0.261 e. The average Bonchev–Trinajstić information content (AvgIpc) is 2.80. The monoisotopic (exact) mass is 546 g/mol. The lowest BCUT2D eigenvalue weighted by Crippen LogP contribution is -2.31. The second-order valence-corrected chi connectivity index (χ2v) is 10.2. The highest BCUT2D eigenvalue weighted by Gasteiger charge is 2.17. The lowest BCUT2D eigenvalue weighted by molar-refractivity contribution is -0.123. The van der Waals surface area contributed by atoms with Gasteiger partial charge in [0.1, 0.15) is 11.5 Å². The number of benzene rings is 3. The number of hydrogen-bond donors (Lipinski definition) is 2. The molecule has 0 bridgehead atoms. The molecule has 0 heterocycles. The molecule has 3 rings (SSSR count). The first-order valence-corrected chi connectivity index (χ1v) is 13.0. The zero-order chi connectivity index (χ0) is 24.7. The van der Waals surface area contributed by atoms with Crippen molar-refractivity contribution in [2.24, 2.45) is 0 Å². The number of rotatable bonds is 10. The lowest BCUT2D eigenvalue weighted by Gasteiger charge is -2.16. The predicted octanol–water partition coefficient (Wildman–Crippen LogP) is 5.21. The number of aryl methyl sites for hydroxylation is 1. The summed E-state index contributed by atoms with van der Waals surface area (Å²) in [6.45, 7) is 5.85. The van der Waals surface area contributed by atoms with Crippen LogP contribution in [0.15, 0.2) is 76.1 Å². The number of sulfonamides is 1. The van der Waals surface area contributed by atoms with Gasteiger partial charge in [0.2, 0.25) is 0 Å². The summed E-state index contributed by atoms with van der Waals surface area (Å²) in [5.41, 5.74) is 2.00. The van der Waals surface area contributed by atoms with Crippen molar-refractivity contribution >= 4 is 37.5 Å². The van der Waals surface area contributed by atoms with E-state index >= 15 is 0 Å². The first-order chi connectivity index (χ1) is 16.2. The van der Waals surface area contributed by atoms with Crippen LogP contribution in [-0.2, 0) is 14.8 Å². The molecular formula is C25H27BrN2O5S. The van der Waals surface area contributed by atoms with Crippen molar-refractivity contribution in [1.29, 1.82) is 0 Å². The molecule has 3 aromatic rings. The van der Waals surface area contributed by atoms with Gasteiger partial charge in [-0.2, -0.15) is 0 Å². The molecule has 3 aromatic carbocycles. The molecule has 0 aliphatic heterocycles. The van der Waals surface area contributed by atoms with Gasteiger partial charge in [-0.3, -0.25) is 9.52 Å². The molecular weight excluding hydrogens is 520 g/mol. The van der Waals surface area contributed by atoms with Crippen LogP contribution in [0, 0.1) is 6.92 Å². The molecule has 0 fully saturated rings. The summed E-state index contributed by atoms with van der Waals surface area (Å²) in [5.74, 6) is 0.827. The number of carbonyl (C=O) groups excluding carboxylic acids is 1. The molecule has 0 saturated carbocycles. The Hall–Kier alpha value is -3.04. The largest absolute Gasteiger partial charge is 0.494 e. The average molecular weight is 547 g/mol. The molecule has 0 spiro atoms. The Bertz CT molecular complexity index is 1230. The molecule has 0 radical (unpaired) electrons. The standard InChI is InChI=1S/C25H27BrN2O5S/c1-4-32-22-11-9-21(10-12-22)28-34(30,31)23-13-14-24(17(2)15-23)33-16-25(29)27-18(3)19-5-7-20(26)8-6-19/h5-15,18,28H,4,16H2,1-3H3,(H,27,29)/t18-/m1/s1. The Kier molecular flexibility index (Phi) is 8.57. The Morgan fingerprint density at radius 3 is 2.29 bits per heavy atom. The summed E-state index contributed by atoms with van der Waals surface area (Å²) < 4.78 is 40.1. The van der Waals surface area contributed by atoms with E-state index < -0.39 is 10.0 Å². The van der Waals surface area contributed by atoms with Crippen LogP contribution in [0.2, 0.25) is 0 Å².